The first kappa shape index (κ1) is 14.0. The lowest BCUT2D eigenvalue weighted by molar-refractivity contribution is 0.554. The van der Waals surface area contributed by atoms with E-state index in [1.807, 2.05) is 11.8 Å². The molecule has 1 nitrogen and oxygen atoms in total. The van der Waals surface area contributed by atoms with Crippen LogP contribution in [0.2, 0.25) is 0 Å². The van der Waals surface area contributed by atoms with Crippen LogP contribution in [-0.2, 0) is 6.54 Å². The van der Waals surface area contributed by atoms with Gasteiger partial charge < -0.3 is 5.32 Å². The first-order valence-corrected chi connectivity index (χ1v) is 8.25. The zero-order chi connectivity index (χ0) is 12.8. The Labute approximate surface area is 116 Å². The van der Waals surface area contributed by atoms with Gasteiger partial charge in [0.25, 0.3) is 0 Å². The van der Waals surface area contributed by atoms with E-state index in [2.05, 4.69) is 43.4 Å². The average molecular weight is 263 g/mol. The van der Waals surface area contributed by atoms with Crippen molar-refractivity contribution in [2.75, 3.05) is 5.75 Å². The number of hydrogen-bond donors (Lipinski definition) is 1. The molecule has 0 amide bonds. The van der Waals surface area contributed by atoms with Crippen molar-refractivity contribution in [2.45, 2.75) is 57.0 Å². The van der Waals surface area contributed by atoms with Gasteiger partial charge >= 0.3 is 0 Å². The van der Waals surface area contributed by atoms with Crippen molar-refractivity contribution in [1.82, 2.24) is 5.32 Å². The molecule has 0 aliphatic heterocycles. The molecule has 0 atom stereocenters. The van der Waals surface area contributed by atoms with Crippen molar-refractivity contribution in [3.63, 3.8) is 0 Å². The Hall–Kier alpha value is -0.470. The summed E-state index contributed by atoms with van der Waals surface area (Å²) in [5, 5.41) is 3.58. The van der Waals surface area contributed by atoms with Gasteiger partial charge in [0.05, 0.1) is 0 Å². The van der Waals surface area contributed by atoms with Crippen LogP contribution in [0.3, 0.4) is 0 Å². The van der Waals surface area contributed by atoms with Crippen LogP contribution in [-0.4, -0.2) is 11.8 Å². The molecule has 0 heterocycles. The maximum atomic E-state index is 3.58. The summed E-state index contributed by atoms with van der Waals surface area (Å²) < 4.78 is 0. The molecule has 0 saturated heterocycles. The highest BCUT2D eigenvalue weighted by molar-refractivity contribution is 7.99. The first-order valence-electron chi connectivity index (χ1n) is 7.27. The predicted octanol–water partition coefficient (Wildman–Crippen LogP) is 4.47. The summed E-state index contributed by atoms with van der Waals surface area (Å²) in [5.74, 6) is 2.12. The maximum Gasteiger partial charge on any atom is 0.0208 e. The van der Waals surface area contributed by atoms with Gasteiger partial charge in [0.15, 0.2) is 0 Å². The highest BCUT2D eigenvalue weighted by Gasteiger charge is 2.19. The normalized spacial score (nSPS) is 15.3. The fourth-order valence-corrected chi connectivity index (χ4v) is 3.34. The van der Waals surface area contributed by atoms with E-state index in [9.17, 15) is 0 Å². The van der Waals surface area contributed by atoms with E-state index < -0.39 is 0 Å². The maximum absolute atomic E-state index is 3.58. The second kappa shape index (κ2) is 7.20. The molecule has 0 aromatic heterocycles. The van der Waals surface area contributed by atoms with Crippen molar-refractivity contribution in [3.05, 3.63) is 29.8 Å². The molecule has 2 heteroatoms. The Bertz CT molecular complexity index is 356. The summed E-state index contributed by atoms with van der Waals surface area (Å²) in [4.78, 5) is 1.43. The summed E-state index contributed by atoms with van der Waals surface area (Å²) >= 11 is 2.01. The largest absolute Gasteiger partial charge is 0.310 e. The molecule has 1 aliphatic rings. The van der Waals surface area contributed by atoms with E-state index in [4.69, 9.17) is 0 Å². The Kier molecular flexibility index (Phi) is 5.58. The second-order valence-corrected chi connectivity index (χ2v) is 6.39. The monoisotopic (exact) mass is 263 g/mol. The molecule has 0 radical (unpaired) electrons. The molecule has 0 spiro atoms. The minimum atomic E-state index is 0.797. The SMILES string of the molecule is CCC(CC)CSc1cccc(CNC2CC2)c1. The van der Waals surface area contributed by atoms with E-state index >= 15 is 0 Å². The Balaban J connectivity index is 1.81. The van der Waals surface area contributed by atoms with Crippen LogP contribution < -0.4 is 5.32 Å². The van der Waals surface area contributed by atoms with Crippen LogP contribution >= 0.6 is 11.8 Å². The van der Waals surface area contributed by atoms with Gasteiger partial charge in [0.1, 0.15) is 0 Å². The quantitative estimate of drug-likeness (QED) is 0.695. The van der Waals surface area contributed by atoms with Gasteiger partial charge in [-0.05, 0) is 36.5 Å². The van der Waals surface area contributed by atoms with Gasteiger partial charge in [0, 0.05) is 23.2 Å². The lowest BCUT2D eigenvalue weighted by atomic mass is 10.1. The van der Waals surface area contributed by atoms with Gasteiger partial charge in [-0.3, -0.25) is 0 Å². The number of rotatable bonds is 8. The van der Waals surface area contributed by atoms with Gasteiger partial charge in [-0.1, -0.05) is 38.8 Å². The van der Waals surface area contributed by atoms with Crippen molar-refractivity contribution in [1.29, 1.82) is 0 Å². The third kappa shape index (κ3) is 4.66. The van der Waals surface area contributed by atoms with Crippen LogP contribution in [0.1, 0.15) is 45.1 Å². The van der Waals surface area contributed by atoms with E-state index in [1.165, 1.54) is 41.9 Å². The summed E-state index contributed by atoms with van der Waals surface area (Å²) in [5.41, 5.74) is 1.43. The van der Waals surface area contributed by atoms with Gasteiger partial charge in [0.2, 0.25) is 0 Å². The molecule has 2 rings (SSSR count). The van der Waals surface area contributed by atoms with E-state index in [-0.39, 0.29) is 0 Å². The molecule has 1 aliphatic carbocycles. The van der Waals surface area contributed by atoms with Crippen molar-refractivity contribution >= 4 is 11.8 Å². The van der Waals surface area contributed by atoms with Crippen molar-refractivity contribution in [3.8, 4) is 0 Å². The smallest absolute Gasteiger partial charge is 0.0208 e. The van der Waals surface area contributed by atoms with Gasteiger partial charge in [-0.2, -0.15) is 0 Å². The molecule has 100 valence electrons. The highest BCUT2D eigenvalue weighted by atomic mass is 32.2. The van der Waals surface area contributed by atoms with Gasteiger partial charge in [-0.25, -0.2) is 0 Å². The third-order valence-corrected chi connectivity index (χ3v) is 4.94. The molecular formula is C16H25NS. The molecule has 1 aromatic carbocycles. The van der Waals surface area contributed by atoms with Crippen LogP contribution in [0.4, 0.5) is 0 Å². The lowest BCUT2D eigenvalue weighted by Crippen LogP contribution is -2.15. The molecule has 18 heavy (non-hydrogen) atoms. The molecule has 1 N–H and O–H groups in total. The zero-order valence-electron chi connectivity index (χ0n) is 11.6. The lowest BCUT2D eigenvalue weighted by Gasteiger charge is -2.12. The summed E-state index contributed by atoms with van der Waals surface area (Å²) in [6.45, 7) is 5.62. The van der Waals surface area contributed by atoms with E-state index in [0.29, 0.717) is 0 Å². The van der Waals surface area contributed by atoms with Crippen molar-refractivity contribution < 1.29 is 0 Å². The Morgan fingerprint density at radius 3 is 2.72 bits per heavy atom. The van der Waals surface area contributed by atoms with Crippen LogP contribution in [0.25, 0.3) is 0 Å². The van der Waals surface area contributed by atoms with Crippen molar-refractivity contribution in [2.24, 2.45) is 5.92 Å². The van der Waals surface area contributed by atoms with Gasteiger partial charge in [-0.15, -0.1) is 11.8 Å². The number of benzene rings is 1. The third-order valence-electron chi connectivity index (χ3n) is 3.71. The number of thioether (sulfide) groups is 1. The molecular weight excluding hydrogens is 238 g/mol. The summed E-state index contributed by atoms with van der Waals surface area (Å²) in [7, 11) is 0. The Morgan fingerprint density at radius 2 is 2.06 bits per heavy atom. The molecule has 0 bridgehead atoms. The standard InChI is InChI=1S/C16H25NS/c1-3-13(4-2)12-18-16-7-5-6-14(10-16)11-17-15-8-9-15/h5-7,10,13,15,17H,3-4,8-9,11-12H2,1-2H3. The summed E-state index contributed by atoms with van der Waals surface area (Å²) in [6.07, 6.45) is 5.32. The fraction of sp³-hybridized carbons (Fsp3) is 0.625. The Morgan fingerprint density at radius 1 is 1.28 bits per heavy atom. The van der Waals surface area contributed by atoms with E-state index in [0.717, 1.165) is 18.5 Å². The summed E-state index contributed by atoms with van der Waals surface area (Å²) in [6, 6.07) is 9.82. The molecule has 1 fully saturated rings. The number of nitrogens with one attached hydrogen (secondary N) is 1. The zero-order valence-corrected chi connectivity index (χ0v) is 12.4. The molecule has 1 aromatic rings. The van der Waals surface area contributed by atoms with Crippen LogP contribution in [0.5, 0.6) is 0 Å². The fourth-order valence-electron chi connectivity index (χ4n) is 2.03. The van der Waals surface area contributed by atoms with Crippen LogP contribution in [0, 0.1) is 5.92 Å². The predicted molar refractivity (Wildman–Crippen MR) is 81.1 cm³/mol. The highest BCUT2D eigenvalue weighted by Crippen LogP contribution is 2.25. The molecule has 0 unspecified atom stereocenters. The minimum absolute atomic E-state index is 0.797. The minimum Gasteiger partial charge on any atom is -0.310 e. The first-order chi connectivity index (χ1) is 8.81. The molecule has 1 saturated carbocycles. The topological polar surface area (TPSA) is 12.0 Å². The number of hydrogen-bond acceptors (Lipinski definition) is 2. The van der Waals surface area contributed by atoms with Crippen LogP contribution in [0.15, 0.2) is 29.2 Å². The van der Waals surface area contributed by atoms with E-state index in [1.54, 1.807) is 0 Å². The second-order valence-electron chi connectivity index (χ2n) is 5.30. The average Bonchev–Trinajstić information content (AvgIpc) is 3.22.